The monoisotopic (exact) mass is 349 g/mol. The highest BCUT2D eigenvalue weighted by atomic mass is 16.5. The molecule has 4 rings (SSSR count). The van der Waals surface area contributed by atoms with Gasteiger partial charge in [-0.15, -0.1) is 5.10 Å². The standard InChI is InChI=1S/C19H15N3O4/c23-18-8-17(26-12-19(18)24)10-22-9-15(20-21-22)11-25-16-6-5-13-3-1-2-4-14(13)7-16/h1-9,12,24H,10-11H2. The summed E-state index contributed by atoms with van der Waals surface area (Å²) in [5.41, 5.74) is 0.158. The number of benzene rings is 2. The summed E-state index contributed by atoms with van der Waals surface area (Å²) in [6.07, 6.45) is 2.73. The van der Waals surface area contributed by atoms with Crippen LogP contribution in [0.25, 0.3) is 10.8 Å². The maximum absolute atomic E-state index is 11.4. The summed E-state index contributed by atoms with van der Waals surface area (Å²) in [5, 5.41) is 19.5. The van der Waals surface area contributed by atoms with Crippen molar-refractivity contribution in [3.63, 3.8) is 0 Å². The van der Waals surface area contributed by atoms with Crippen molar-refractivity contribution in [2.45, 2.75) is 13.2 Å². The summed E-state index contributed by atoms with van der Waals surface area (Å²) >= 11 is 0. The molecule has 2 heterocycles. The largest absolute Gasteiger partial charge is 0.502 e. The van der Waals surface area contributed by atoms with E-state index in [4.69, 9.17) is 9.15 Å². The molecule has 2 aromatic heterocycles. The van der Waals surface area contributed by atoms with E-state index in [1.165, 1.54) is 10.7 Å². The van der Waals surface area contributed by atoms with Crippen LogP contribution in [-0.2, 0) is 13.2 Å². The first-order valence-corrected chi connectivity index (χ1v) is 7.99. The van der Waals surface area contributed by atoms with Crippen LogP contribution in [0.15, 0.2) is 70.2 Å². The molecule has 1 N–H and O–H groups in total. The van der Waals surface area contributed by atoms with Crippen LogP contribution in [0.2, 0.25) is 0 Å². The molecule has 26 heavy (non-hydrogen) atoms. The van der Waals surface area contributed by atoms with Crippen LogP contribution in [0.5, 0.6) is 11.5 Å². The zero-order chi connectivity index (χ0) is 17.9. The fourth-order valence-corrected chi connectivity index (χ4v) is 2.58. The van der Waals surface area contributed by atoms with Crippen LogP contribution in [0.1, 0.15) is 11.5 Å². The number of ether oxygens (including phenoxy) is 1. The minimum atomic E-state index is -0.494. The molecule has 0 saturated carbocycles. The smallest absolute Gasteiger partial charge is 0.226 e. The van der Waals surface area contributed by atoms with Crippen molar-refractivity contribution < 1.29 is 14.3 Å². The summed E-state index contributed by atoms with van der Waals surface area (Å²) in [5.74, 6) is 0.708. The summed E-state index contributed by atoms with van der Waals surface area (Å²) in [4.78, 5) is 11.4. The summed E-state index contributed by atoms with van der Waals surface area (Å²) < 4.78 is 12.5. The first kappa shape index (κ1) is 15.9. The van der Waals surface area contributed by atoms with Crippen LogP contribution in [0.3, 0.4) is 0 Å². The SMILES string of the molecule is O=c1cc(Cn2cc(COc3ccc4ccccc4c3)nn2)occ1O. The first-order chi connectivity index (χ1) is 12.7. The lowest BCUT2D eigenvalue weighted by Gasteiger charge is -2.05. The Hall–Kier alpha value is -3.61. The quantitative estimate of drug-likeness (QED) is 0.596. The van der Waals surface area contributed by atoms with Gasteiger partial charge in [-0.25, -0.2) is 4.68 Å². The second kappa shape index (κ2) is 6.72. The number of rotatable bonds is 5. The van der Waals surface area contributed by atoms with Crippen molar-refractivity contribution in [2.24, 2.45) is 0 Å². The van der Waals surface area contributed by atoms with E-state index >= 15 is 0 Å². The fourth-order valence-electron chi connectivity index (χ4n) is 2.58. The Morgan fingerprint density at radius 3 is 2.81 bits per heavy atom. The fraction of sp³-hybridized carbons (Fsp3) is 0.105. The minimum absolute atomic E-state index is 0.235. The van der Waals surface area contributed by atoms with E-state index < -0.39 is 11.2 Å². The van der Waals surface area contributed by atoms with Gasteiger partial charge in [-0.1, -0.05) is 35.5 Å². The normalized spacial score (nSPS) is 10.9. The van der Waals surface area contributed by atoms with Gasteiger partial charge < -0.3 is 14.3 Å². The Kier molecular flexibility index (Phi) is 4.10. The molecule has 0 spiro atoms. The Morgan fingerprint density at radius 2 is 1.96 bits per heavy atom. The topological polar surface area (TPSA) is 90.4 Å². The van der Waals surface area contributed by atoms with Crippen molar-refractivity contribution in [3.8, 4) is 11.5 Å². The zero-order valence-electron chi connectivity index (χ0n) is 13.7. The van der Waals surface area contributed by atoms with Crippen LogP contribution >= 0.6 is 0 Å². The van der Waals surface area contributed by atoms with Gasteiger partial charge in [0.05, 0.1) is 6.20 Å². The van der Waals surface area contributed by atoms with Crippen LogP contribution in [-0.4, -0.2) is 20.1 Å². The van der Waals surface area contributed by atoms with Gasteiger partial charge in [0.15, 0.2) is 5.75 Å². The first-order valence-electron chi connectivity index (χ1n) is 7.99. The van der Waals surface area contributed by atoms with Crippen LogP contribution in [0, 0.1) is 0 Å². The lowest BCUT2D eigenvalue weighted by molar-refractivity contribution is 0.301. The second-order valence-corrected chi connectivity index (χ2v) is 5.80. The summed E-state index contributed by atoms with van der Waals surface area (Å²) in [6, 6.07) is 15.2. The maximum Gasteiger partial charge on any atom is 0.226 e. The van der Waals surface area contributed by atoms with Gasteiger partial charge in [-0.3, -0.25) is 4.79 Å². The van der Waals surface area contributed by atoms with Crippen molar-refractivity contribution in [3.05, 3.63) is 82.7 Å². The molecule has 0 aliphatic rings. The van der Waals surface area contributed by atoms with E-state index in [1.807, 2.05) is 42.5 Å². The van der Waals surface area contributed by atoms with E-state index in [2.05, 4.69) is 10.3 Å². The van der Waals surface area contributed by atoms with Gasteiger partial charge in [0, 0.05) is 6.07 Å². The molecule has 2 aromatic carbocycles. The highest BCUT2D eigenvalue weighted by molar-refractivity contribution is 5.83. The number of nitrogens with zero attached hydrogens (tertiary/aromatic N) is 3. The van der Waals surface area contributed by atoms with Crippen molar-refractivity contribution in [1.82, 2.24) is 15.0 Å². The van der Waals surface area contributed by atoms with Gasteiger partial charge in [0.25, 0.3) is 0 Å². The maximum atomic E-state index is 11.4. The van der Waals surface area contributed by atoms with Crippen LogP contribution < -0.4 is 10.2 Å². The number of hydrogen-bond acceptors (Lipinski definition) is 6. The second-order valence-electron chi connectivity index (χ2n) is 5.80. The van der Waals surface area contributed by atoms with E-state index in [-0.39, 0.29) is 13.2 Å². The molecule has 0 bridgehead atoms. The zero-order valence-corrected chi connectivity index (χ0v) is 13.7. The van der Waals surface area contributed by atoms with Gasteiger partial charge >= 0.3 is 0 Å². The van der Waals surface area contributed by atoms with Gasteiger partial charge in [-0.05, 0) is 22.9 Å². The average Bonchev–Trinajstić information content (AvgIpc) is 3.10. The predicted octanol–water partition coefficient (Wildman–Crippen LogP) is 2.72. The third kappa shape index (κ3) is 3.41. The molecule has 0 amide bonds. The highest BCUT2D eigenvalue weighted by Crippen LogP contribution is 2.21. The van der Waals surface area contributed by atoms with Gasteiger partial charge in [0.1, 0.15) is 36.6 Å². The third-order valence-corrected chi connectivity index (χ3v) is 3.88. The Morgan fingerprint density at radius 1 is 1.12 bits per heavy atom. The number of hydrogen-bond donors (Lipinski definition) is 1. The molecule has 0 fully saturated rings. The van der Waals surface area contributed by atoms with E-state index in [0.717, 1.165) is 22.8 Å². The molecule has 0 aliphatic carbocycles. The Bertz CT molecular complexity index is 1120. The number of fused-ring (bicyclic) bond motifs is 1. The molecular formula is C19H15N3O4. The molecule has 4 aromatic rings. The van der Waals surface area contributed by atoms with Crippen molar-refractivity contribution >= 4 is 10.8 Å². The molecule has 0 aliphatic heterocycles. The molecule has 7 nitrogen and oxygen atoms in total. The van der Waals surface area contributed by atoms with Crippen LogP contribution in [0.4, 0.5) is 0 Å². The lowest BCUT2D eigenvalue weighted by atomic mass is 10.1. The van der Waals surface area contributed by atoms with Gasteiger partial charge in [0.2, 0.25) is 5.43 Å². The Balaban J connectivity index is 1.42. The van der Waals surface area contributed by atoms with Crippen molar-refractivity contribution in [1.29, 1.82) is 0 Å². The molecule has 0 saturated heterocycles. The average molecular weight is 349 g/mol. The summed E-state index contributed by atoms with van der Waals surface area (Å²) in [7, 11) is 0. The molecule has 7 heteroatoms. The molecule has 0 unspecified atom stereocenters. The molecular weight excluding hydrogens is 334 g/mol. The number of aromatic nitrogens is 3. The summed E-state index contributed by atoms with van der Waals surface area (Å²) in [6.45, 7) is 0.510. The lowest BCUT2D eigenvalue weighted by Crippen LogP contribution is -2.05. The predicted molar refractivity (Wildman–Crippen MR) is 94.0 cm³/mol. The Labute approximate surface area is 148 Å². The number of aromatic hydroxyl groups is 1. The minimum Gasteiger partial charge on any atom is -0.502 e. The highest BCUT2D eigenvalue weighted by Gasteiger charge is 2.06. The molecule has 130 valence electrons. The van der Waals surface area contributed by atoms with Gasteiger partial charge in [-0.2, -0.15) is 0 Å². The van der Waals surface area contributed by atoms with E-state index in [1.54, 1.807) is 6.20 Å². The van der Waals surface area contributed by atoms with E-state index in [0.29, 0.717) is 11.5 Å². The molecule has 0 radical (unpaired) electrons. The van der Waals surface area contributed by atoms with E-state index in [9.17, 15) is 9.90 Å². The van der Waals surface area contributed by atoms with Crippen molar-refractivity contribution in [2.75, 3.05) is 0 Å². The molecule has 0 atom stereocenters. The third-order valence-electron chi connectivity index (χ3n) is 3.88.